The van der Waals surface area contributed by atoms with E-state index in [2.05, 4.69) is 0 Å². The first-order valence-corrected chi connectivity index (χ1v) is 7.12. The van der Waals surface area contributed by atoms with Gasteiger partial charge < -0.3 is 9.47 Å². The van der Waals surface area contributed by atoms with Gasteiger partial charge >= 0.3 is 11.9 Å². The zero-order valence-corrected chi connectivity index (χ0v) is 13.1. The molecule has 7 heteroatoms. The molecule has 0 fully saturated rings. The van der Waals surface area contributed by atoms with Crippen LogP contribution in [0.1, 0.15) is 33.1 Å². The topological polar surface area (TPSA) is 95.7 Å². The predicted molar refractivity (Wildman–Crippen MR) is 83.0 cm³/mol. The second-order valence-corrected chi connectivity index (χ2v) is 5.04. The number of esters is 2. The van der Waals surface area contributed by atoms with Crippen molar-refractivity contribution in [2.45, 2.75) is 33.1 Å². The second-order valence-electron chi connectivity index (χ2n) is 5.04. The van der Waals surface area contributed by atoms with Crippen LogP contribution in [0.15, 0.2) is 35.9 Å². The third-order valence-corrected chi connectivity index (χ3v) is 2.78. The fourth-order valence-electron chi connectivity index (χ4n) is 1.57. The summed E-state index contributed by atoms with van der Waals surface area (Å²) in [7, 11) is 0. The minimum atomic E-state index is -0.535. The van der Waals surface area contributed by atoms with Crippen molar-refractivity contribution < 1.29 is 24.0 Å². The second kappa shape index (κ2) is 9.34. The van der Waals surface area contributed by atoms with E-state index in [1.165, 1.54) is 24.3 Å². The van der Waals surface area contributed by atoms with Gasteiger partial charge in [0.25, 0.3) is 5.69 Å². The van der Waals surface area contributed by atoms with E-state index < -0.39 is 10.9 Å². The van der Waals surface area contributed by atoms with E-state index >= 15 is 0 Å². The summed E-state index contributed by atoms with van der Waals surface area (Å²) in [6.07, 6.45) is 2.31. The minimum absolute atomic E-state index is 0.0642. The van der Waals surface area contributed by atoms with Crippen LogP contribution in [0.4, 0.5) is 5.69 Å². The van der Waals surface area contributed by atoms with Crippen LogP contribution < -0.4 is 4.74 Å². The summed E-state index contributed by atoms with van der Waals surface area (Å²) in [6, 6.07) is 5.21. The molecule has 7 nitrogen and oxygen atoms in total. The van der Waals surface area contributed by atoms with Gasteiger partial charge in [0, 0.05) is 25.0 Å². The molecule has 0 aliphatic heterocycles. The lowest BCUT2D eigenvalue weighted by atomic mass is 10.2. The van der Waals surface area contributed by atoms with Crippen LogP contribution in [-0.4, -0.2) is 23.5 Å². The van der Waals surface area contributed by atoms with Gasteiger partial charge in [-0.15, -0.1) is 0 Å². The number of ether oxygens (including phenoxy) is 2. The van der Waals surface area contributed by atoms with E-state index in [0.717, 1.165) is 5.57 Å². The average molecular weight is 321 g/mol. The van der Waals surface area contributed by atoms with Crippen LogP contribution in [0, 0.1) is 10.1 Å². The molecule has 0 N–H and O–H groups in total. The Morgan fingerprint density at radius 2 is 1.74 bits per heavy atom. The molecule has 0 bridgehead atoms. The van der Waals surface area contributed by atoms with Gasteiger partial charge in [-0.05, 0) is 38.5 Å². The van der Waals surface area contributed by atoms with Gasteiger partial charge in [-0.25, -0.2) is 0 Å². The summed E-state index contributed by atoms with van der Waals surface area (Å²) >= 11 is 0. The van der Waals surface area contributed by atoms with E-state index in [0.29, 0.717) is 6.42 Å². The minimum Gasteiger partial charge on any atom is -0.461 e. The zero-order valence-electron chi connectivity index (χ0n) is 13.1. The van der Waals surface area contributed by atoms with Gasteiger partial charge in [-0.1, -0.05) is 5.57 Å². The maximum absolute atomic E-state index is 11.6. The van der Waals surface area contributed by atoms with E-state index in [1.54, 1.807) is 6.08 Å². The lowest BCUT2D eigenvalue weighted by Crippen LogP contribution is -2.10. The summed E-state index contributed by atoms with van der Waals surface area (Å²) < 4.78 is 9.98. The number of hydrogen-bond donors (Lipinski definition) is 0. The maximum Gasteiger partial charge on any atom is 0.311 e. The van der Waals surface area contributed by atoms with Gasteiger partial charge in [0.05, 0.1) is 4.92 Å². The molecule has 1 aromatic carbocycles. The molecule has 0 aromatic heterocycles. The average Bonchev–Trinajstić information content (AvgIpc) is 2.47. The highest BCUT2D eigenvalue weighted by atomic mass is 16.6. The molecule has 1 aromatic rings. The van der Waals surface area contributed by atoms with Gasteiger partial charge in [0.1, 0.15) is 12.4 Å². The standard InChI is InChI=1S/C16H19NO6/c1-12(2)10-11-22-15(18)4-3-5-16(19)23-14-8-6-13(7-9-14)17(20)21/h6-10H,3-5,11H2,1-2H3. The first-order chi connectivity index (χ1) is 10.9. The monoisotopic (exact) mass is 321 g/mol. The van der Waals surface area contributed by atoms with Crippen LogP contribution in [-0.2, 0) is 14.3 Å². The normalized spacial score (nSPS) is 9.83. The largest absolute Gasteiger partial charge is 0.461 e. The molecule has 0 unspecified atom stereocenters. The third kappa shape index (κ3) is 7.75. The van der Waals surface area contributed by atoms with Crippen molar-refractivity contribution in [2.75, 3.05) is 6.61 Å². The molecular formula is C16H19NO6. The van der Waals surface area contributed by atoms with E-state index in [4.69, 9.17) is 9.47 Å². The molecular weight excluding hydrogens is 302 g/mol. The number of hydrogen-bond acceptors (Lipinski definition) is 6. The summed E-state index contributed by atoms with van der Waals surface area (Å²) in [5, 5.41) is 10.5. The third-order valence-electron chi connectivity index (χ3n) is 2.78. The van der Waals surface area contributed by atoms with Crippen LogP contribution in [0.5, 0.6) is 5.75 Å². The molecule has 0 aliphatic carbocycles. The number of carbonyl (C=O) groups excluding carboxylic acids is 2. The number of non-ortho nitro benzene ring substituents is 1. The number of nitro groups is 1. The molecule has 0 heterocycles. The van der Waals surface area contributed by atoms with Gasteiger partial charge in [0.2, 0.25) is 0 Å². The van der Waals surface area contributed by atoms with Crippen molar-refractivity contribution in [1.82, 2.24) is 0 Å². The van der Waals surface area contributed by atoms with Gasteiger partial charge in [0.15, 0.2) is 0 Å². The molecule has 0 aliphatic rings. The first kappa shape index (κ1) is 18.3. The molecule has 0 atom stereocenters. The Hall–Kier alpha value is -2.70. The van der Waals surface area contributed by atoms with Crippen LogP contribution >= 0.6 is 0 Å². The number of nitro benzene ring substituents is 1. The van der Waals surface area contributed by atoms with Crippen molar-refractivity contribution in [2.24, 2.45) is 0 Å². The number of rotatable bonds is 8. The quantitative estimate of drug-likeness (QED) is 0.240. The number of carbonyl (C=O) groups is 2. The van der Waals surface area contributed by atoms with Gasteiger partial charge in [-0.3, -0.25) is 19.7 Å². The zero-order chi connectivity index (χ0) is 17.2. The summed E-state index contributed by atoms with van der Waals surface area (Å²) in [5.74, 6) is -0.645. The lowest BCUT2D eigenvalue weighted by Gasteiger charge is -2.04. The van der Waals surface area contributed by atoms with Gasteiger partial charge in [-0.2, -0.15) is 0 Å². The van der Waals surface area contributed by atoms with Crippen molar-refractivity contribution >= 4 is 17.6 Å². The molecule has 0 amide bonds. The Balaban J connectivity index is 2.27. The number of benzene rings is 1. The Morgan fingerprint density at radius 1 is 1.13 bits per heavy atom. The van der Waals surface area contributed by atoms with Crippen molar-refractivity contribution in [3.63, 3.8) is 0 Å². The Morgan fingerprint density at radius 3 is 2.30 bits per heavy atom. The Bertz CT molecular complexity index is 587. The highest BCUT2D eigenvalue weighted by molar-refractivity contribution is 5.74. The van der Waals surface area contributed by atoms with E-state index in [-0.39, 0.29) is 36.9 Å². The predicted octanol–water partition coefficient (Wildman–Crippen LogP) is 3.18. The number of allylic oxidation sites excluding steroid dienone is 1. The Labute approximate surface area is 134 Å². The molecule has 0 spiro atoms. The highest BCUT2D eigenvalue weighted by Gasteiger charge is 2.10. The summed E-state index contributed by atoms with van der Waals surface area (Å²) in [5.41, 5.74) is 0.980. The van der Waals surface area contributed by atoms with Crippen LogP contribution in [0.2, 0.25) is 0 Å². The van der Waals surface area contributed by atoms with Crippen molar-refractivity contribution in [3.8, 4) is 5.75 Å². The van der Waals surface area contributed by atoms with E-state index in [1.807, 2.05) is 13.8 Å². The smallest absolute Gasteiger partial charge is 0.311 e. The summed E-state index contributed by atoms with van der Waals surface area (Å²) in [4.78, 5) is 33.0. The first-order valence-electron chi connectivity index (χ1n) is 7.12. The van der Waals surface area contributed by atoms with Crippen LogP contribution in [0.3, 0.4) is 0 Å². The van der Waals surface area contributed by atoms with Crippen molar-refractivity contribution in [3.05, 3.63) is 46.0 Å². The van der Waals surface area contributed by atoms with Crippen molar-refractivity contribution in [1.29, 1.82) is 0 Å². The molecule has 0 radical (unpaired) electrons. The Kier molecular flexibility index (Phi) is 7.45. The summed E-state index contributed by atoms with van der Waals surface area (Å²) in [6.45, 7) is 4.04. The molecule has 1 rings (SSSR count). The SMILES string of the molecule is CC(C)=CCOC(=O)CCCC(=O)Oc1ccc([N+](=O)[O-])cc1. The van der Waals surface area contributed by atoms with E-state index in [9.17, 15) is 19.7 Å². The molecule has 23 heavy (non-hydrogen) atoms. The lowest BCUT2D eigenvalue weighted by molar-refractivity contribution is -0.384. The maximum atomic E-state index is 11.6. The number of nitrogens with zero attached hydrogens (tertiary/aromatic N) is 1. The molecule has 0 saturated carbocycles. The fourth-order valence-corrected chi connectivity index (χ4v) is 1.57. The fraction of sp³-hybridized carbons (Fsp3) is 0.375. The molecule has 124 valence electrons. The van der Waals surface area contributed by atoms with Crippen LogP contribution in [0.25, 0.3) is 0 Å². The highest BCUT2D eigenvalue weighted by Crippen LogP contribution is 2.18. The molecule has 0 saturated heterocycles.